The summed E-state index contributed by atoms with van der Waals surface area (Å²) in [6.45, 7) is 0. The highest BCUT2D eigenvalue weighted by atomic mass is 16.1. The summed E-state index contributed by atoms with van der Waals surface area (Å²) in [5, 5.41) is 2.57. The lowest BCUT2D eigenvalue weighted by molar-refractivity contribution is -0.115. The first kappa shape index (κ1) is 9.05. The third-order valence-electron chi connectivity index (χ3n) is 1.47. The molecule has 0 aromatic heterocycles. The summed E-state index contributed by atoms with van der Waals surface area (Å²) in [4.78, 5) is 21.4. The normalized spacial score (nSPS) is 15.1. The molecule has 2 amide bonds. The lowest BCUT2D eigenvalue weighted by atomic mass is 10.2. The molecule has 13 heavy (non-hydrogen) atoms. The van der Waals surface area contributed by atoms with E-state index in [1.807, 2.05) is 0 Å². The van der Waals surface area contributed by atoms with Crippen LogP contribution in [0, 0.1) is 0 Å². The quantitative estimate of drug-likeness (QED) is 0.501. The van der Waals surface area contributed by atoms with Crippen LogP contribution < -0.4 is 16.8 Å². The molecule has 0 aliphatic carbocycles. The topological polar surface area (TPSA) is 98.2 Å². The largest absolute Gasteiger partial charge is 0.366 e. The van der Waals surface area contributed by atoms with Gasteiger partial charge in [-0.25, -0.2) is 0 Å². The summed E-state index contributed by atoms with van der Waals surface area (Å²) in [6, 6.07) is 0. The number of nitrogens with two attached hydrogens (primary N) is 2. The minimum atomic E-state index is -0.591. The van der Waals surface area contributed by atoms with Gasteiger partial charge in [-0.1, -0.05) is 6.08 Å². The van der Waals surface area contributed by atoms with E-state index in [1.54, 1.807) is 0 Å². The molecule has 0 spiro atoms. The van der Waals surface area contributed by atoms with Crippen LogP contribution in [0.25, 0.3) is 0 Å². The van der Waals surface area contributed by atoms with Gasteiger partial charge in [0.1, 0.15) is 5.70 Å². The van der Waals surface area contributed by atoms with E-state index in [1.165, 1.54) is 24.4 Å². The van der Waals surface area contributed by atoms with Crippen molar-refractivity contribution in [2.75, 3.05) is 0 Å². The van der Waals surface area contributed by atoms with Crippen molar-refractivity contribution < 1.29 is 9.59 Å². The van der Waals surface area contributed by atoms with Crippen LogP contribution in [0.3, 0.4) is 0 Å². The maximum absolute atomic E-state index is 10.7. The van der Waals surface area contributed by atoms with Gasteiger partial charge in [0.15, 0.2) is 0 Å². The predicted octanol–water partition coefficient (Wildman–Crippen LogP) is -1.12. The molecule has 0 atom stereocenters. The lowest BCUT2D eigenvalue weighted by Gasteiger charge is -1.99. The minimum Gasteiger partial charge on any atom is -0.366 e. The first-order valence-electron chi connectivity index (χ1n) is 3.56. The molecule has 0 radical (unpaired) electrons. The zero-order valence-electron chi connectivity index (χ0n) is 6.78. The third-order valence-corrected chi connectivity index (χ3v) is 1.47. The standard InChI is InChI=1S/C8H9N3O2/c9-7(12)5-2-1-3-6(8(10)13)11-4-5/h1-4,11H,(H2,9,12)(H2,10,13). The fraction of sp³-hybridized carbons (Fsp3) is 0. The van der Waals surface area contributed by atoms with Crippen molar-refractivity contribution in [2.24, 2.45) is 11.5 Å². The molecule has 5 N–H and O–H groups in total. The molecule has 0 aromatic carbocycles. The summed E-state index contributed by atoms with van der Waals surface area (Å²) >= 11 is 0. The second-order valence-electron chi connectivity index (χ2n) is 2.41. The van der Waals surface area contributed by atoms with Gasteiger partial charge in [0.25, 0.3) is 5.91 Å². The molecule has 1 rings (SSSR count). The second kappa shape index (κ2) is 3.57. The van der Waals surface area contributed by atoms with Gasteiger partial charge in [0.05, 0.1) is 5.57 Å². The molecule has 68 valence electrons. The Morgan fingerprint density at radius 2 is 1.92 bits per heavy atom. The SMILES string of the molecule is NC(=O)C1=CNC(C(N)=O)=CC=C1. The molecule has 5 nitrogen and oxygen atoms in total. The van der Waals surface area contributed by atoms with E-state index in [0.29, 0.717) is 0 Å². The van der Waals surface area contributed by atoms with Crippen molar-refractivity contribution in [1.29, 1.82) is 0 Å². The molecule has 5 heteroatoms. The van der Waals surface area contributed by atoms with Crippen molar-refractivity contribution in [3.8, 4) is 0 Å². The molecule has 0 bridgehead atoms. The highest BCUT2D eigenvalue weighted by molar-refractivity contribution is 5.96. The fourth-order valence-corrected chi connectivity index (χ4v) is 0.806. The number of primary amides is 2. The number of rotatable bonds is 2. The summed E-state index contributed by atoms with van der Waals surface area (Å²) in [5.41, 5.74) is 10.5. The number of hydrogen-bond donors (Lipinski definition) is 3. The van der Waals surface area contributed by atoms with E-state index in [-0.39, 0.29) is 11.3 Å². The Balaban J connectivity index is 2.86. The Hall–Kier alpha value is -2.04. The fourth-order valence-electron chi connectivity index (χ4n) is 0.806. The molecule has 0 unspecified atom stereocenters. The maximum Gasteiger partial charge on any atom is 0.265 e. The maximum atomic E-state index is 10.7. The van der Waals surface area contributed by atoms with E-state index >= 15 is 0 Å². The Kier molecular flexibility index (Phi) is 2.49. The van der Waals surface area contributed by atoms with Crippen LogP contribution in [-0.2, 0) is 9.59 Å². The highest BCUT2D eigenvalue weighted by Crippen LogP contribution is 2.01. The van der Waals surface area contributed by atoms with Gasteiger partial charge >= 0.3 is 0 Å². The van der Waals surface area contributed by atoms with Crippen molar-refractivity contribution in [3.63, 3.8) is 0 Å². The zero-order valence-corrected chi connectivity index (χ0v) is 6.78. The van der Waals surface area contributed by atoms with E-state index in [2.05, 4.69) is 5.32 Å². The molecule has 0 saturated carbocycles. The molecule has 1 heterocycles. The minimum absolute atomic E-state index is 0.215. The molecular weight excluding hydrogens is 170 g/mol. The number of carbonyl (C=O) groups excluding carboxylic acids is 2. The average Bonchev–Trinajstić information content (AvgIpc) is 2.27. The van der Waals surface area contributed by atoms with Crippen molar-refractivity contribution in [1.82, 2.24) is 5.32 Å². The van der Waals surface area contributed by atoms with Crippen LogP contribution in [0.4, 0.5) is 0 Å². The number of allylic oxidation sites excluding steroid dienone is 2. The smallest absolute Gasteiger partial charge is 0.265 e. The van der Waals surface area contributed by atoms with Gasteiger partial charge in [0, 0.05) is 6.20 Å². The summed E-state index contributed by atoms with van der Waals surface area (Å²) in [7, 11) is 0. The molecular formula is C8H9N3O2. The molecule has 1 aliphatic heterocycles. The van der Waals surface area contributed by atoms with Gasteiger partial charge in [-0.15, -0.1) is 0 Å². The molecule has 1 aliphatic rings. The van der Waals surface area contributed by atoms with E-state index in [0.717, 1.165) is 0 Å². The lowest BCUT2D eigenvalue weighted by Crippen LogP contribution is -2.23. The van der Waals surface area contributed by atoms with Crippen LogP contribution >= 0.6 is 0 Å². The van der Waals surface area contributed by atoms with E-state index in [9.17, 15) is 9.59 Å². The Morgan fingerprint density at radius 3 is 2.46 bits per heavy atom. The van der Waals surface area contributed by atoms with Gasteiger partial charge in [-0.2, -0.15) is 0 Å². The monoisotopic (exact) mass is 179 g/mol. The van der Waals surface area contributed by atoms with Crippen LogP contribution in [0.15, 0.2) is 35.7 Å². The molecule has 0 aromatic rings. The Bertz CT molecular complexity index is 339. The van der Waals surface area contributed by atoms with E-state index in [4.69, 9.17) is 11.5 Å². The number of amides is 2. The first-order valence-corrected chi connectivity index (χ1v) is 3.56. The first-order chi connectivity index (χ1) is 6.11. The second-order valence-corrected chi connectivity index (χ2v) is 2.41. The van der Waals surface area contributed by atoms with Gasteiger partial charge in [-0.05, 0) is 12.2 Å². The van der Waals surface area contributed by atoms with Gasteiger partial charge in [-0.3, -0.25) is 9.59 Å². The highest BCUT2D eigenvalue weighted by Gasteiger charge is 2.06. The Labute approximate surface area is 74.8 Å². The number of carbonyl (C=O) groups is 2. The van der Waals surface area contributed by atoms with Crippen molar-refractivity contribution in [3.05, 3.63) is 35.7 Å². The van der Waals surface area contributed by atoms with Gasteiger partial charge < -0.3 is 16.8 Å². The van der Waals surface area contributed by atoms with Crippen LogP contribution in [-0.4, -0.2) is 11.8 Å². The van der Waals surface area contributed by atoms with Crippen LogP contribution in [0.5, 0.6) is 0 Å². The van der Waals surface area contributed by atoms with E-state index < -0.39 is 11.8 Å². The molecule has 0 fully saturated rings. The zero-order chi connectivity index (χ0) is 9.84. The van der Waals surface area contributed by atoms with Gasteiger partial charge in [0.2, 0.25) is 5.91 Å². The number of hydrogen-bond acceptors (Lipinski definition) is 3. The van der Waals surface area contributed by atoms with Crippen molar-refractivity contribution in [2.45, 2.75) is 0 Å². The van der Waals surface area contributed by atoms with Crippen LogP contribution in [0.1, 0.15) is 0 Å². The third kappa shape index (κ3) is 2.19. The number of nitrogens with one attached hydrogen (secondary N) is 1. The summed E-state index contributed by atoms with van der Waals surface area (Å²) in [6.07, 6.45) is 5.82. The van der Waals surface area contributed by atoms with Crippen molar-refractivity contribution >= 4 is 11.8 Å². The predicted molar refractivity (Wildman–Crippen MR) is 46.8 cm³/mol. The Morgan fingerprint density at radius 1 is 1.23 bits per heavy atom. The van der Waals surface area contributed by atoms with Crippen LogP contribution in [0.2, 0.25) is 0 Å². The molecule has 0 saturated heterocycles. The average molecular weight is 179 g/mol. The summed E-state index contributed by atoms with van der Waals surface area (Å²) in [5.74, 6) is -1.16. The summed E-state index contributed by atoms with van der Waals surface area (Å²) < 4.78 is 0.